The monoisotopic (exact) mass is 121 g/mol. The zero-order chi connectivity index (χ0) is 6.85. The lowest BCUT2D eigenvalue weighted by atomic mass is 10.2. The van der Waals surface area contributed by atoms with E-state index in [1.807, 2.05) is 19.9 Å². The molecule has 0 aromatic carbocycles. The maximum absolute atomic E-state index is 7.17. The second-order valence-electron chi connectivity index (χ2n) is 2.17. The molecule has 1 rings (SSSR count). The predicted octanol–water partition coefficient (Wildman–Crippen LogP) is 1.61. The fourth-order valence-corrected chi connectivity index (χ4v) is 0.841. The van der Waals surface area contributed by atoms with E-state index in [1.54, 1.807) is 6.07 Å². The molecule has 0 aliphatic rings. The van der Waals surface area contributed by atoms with Gasteiger partial charge in [0.25, 0.3) is 0 Å². The van der Waals surface area contributed by atoms with Gasteiger partial charge in [0.05, 0.1) is 0 Å². The van der Waals surface area contributed by atoms with Gasteiger partial charge in [-0.15, -0.1) is 0 Å². The molecule has 0 unspecified atom stereocenters. The topological polar surface area (TPSA) is 36.7 Å². The van der Waals surface area contributed by atoms with Crippen molar-refractivity contribution in [2.45, 2.75) is 13.8 Å². The van der Waals surface area contributed by atoms with Gasteiger partial charge in [-0.2, -0.15) is 0 Å². The summed E-state index contributed by atoms with van der Waals surface area (Å²) < 4.78 is 0. The first-order valence-electron chi connectivity index (χ1n) is 2.85. The average molecular weight is 121 g/mol. The minimum absolute atomic E-state index is 0.354. The Bertz CT molecular complexity index is 168. The van der Waals surface area contributed by atoms with Gasteiger partial charge in [-0.1, -0.05) is 0 Å². The smallest absolute Gasteiger partial charge is 0.144 e. The van der Waals surface area contributed by atoms with Crippen LogP contribution < -0.4 is 5.73 Å². The molecule has 2 nitrogen and oxygen atoms in total. The molecule has 0 fully saturated rings. The molecule has 1 N–H and O–H groups in total. The van der Waals surface area contributed by atoms with Crippen molar-refractivity contribution in [3.63, 3.8) is 0 Å². The minimum atomic E-state index is 0.354. The van der Waals surface area contributed by atoms with E-state index in [4.69, 9.17) is 5.73 Å². The first kappa shape index (κ1) is 6.08. The lowest BCUT2D eigenvalue weighted by Gasteiger charge is -1.95. The number of aromatic nitrogens is 1. The Morgan fingerprint density at radius 3 is 2.44 bits per heavy atom. The Balaban J connectivity index is 3.17. The Labute approximate surface area is 54.7 Å². The minimum Gasteiger partial charge on any atom is -0.283 e. The Hall–Kier alpha value is -1.05. The third-order valence-electron chi connectivity index (χ3n) is 1.10. The Morgan fingerprint density at radius 1 is 1.33 bits per heavy atom. The van der Waals surface area contributed by atoms with E-state index in [-0.39, 0.29) is 0 Å². The van der Waals surface area contributed by atoms with Crippen LogP contribution in [0.1, 0.15) is 11.3 Å². The predicted molar refractivity (Wildman–Crippen MR) is 36.5 cm³/mol. The van der Waals surface area contributed by atoms with Gasteiger partial charge in [-0.05, 0) is 31.5 Å². The fourth-order valence-electron chi connectivity index (χ4n) is 0.841. The number of pyridine rings is 1. The summed E-state index contributed by atoms with van der Waals surface area (Å²) in [4.78, 5) is 3.90. The van der Waals surface area contributed by atoms with Gasteiger partial charge in [0.1, 0.15) is 5.82 Å². The largest absolute Gasteiger partial charge is 0.283 e. The average Bonchev–Trinajstić information content (AvgIpc) is 1.59. The number of nitrogens with zero attached hydrogens (tertiary/aromatic N) is 1. The molecule has 0 saturated heterocycles. The van der Waals surface area contributed by atoms with Crippen LogP contribution in [0.25, 0.3) is 0 Å². The van der Waals surface area contributed by atoms with Crippen molar-refractivity contribution < 1.29 is 0 Å². The van der Waals surface area contributed by atoms with E-state index in [1.165, 1.54) is 0 Å². The highest BCUT2D eigenvalue weighted by molar-refractivity contribution is 5.30. The highest BCUT2D eigenvalue weighted by Crippen LogP contribution is 2.05. The molecule has 0 saturated carbocycles. The van der Waals surface area contributed by atoms with E-state index < -0.39 is 0 Å². The van der Waals surface area contributed by atoms with Crippen LogP contribution >= 0.6 is 0 Å². The molecule has 0 aliphatic carbocycles. The molecule has 0 bridgehead atoms. The van der Waals surface area contributed by atoms with Gasteiger partial charge in [0.15, 0.2) is 0 Å². The van der Waals surface area contributed by atoms with E-state index >= 15 is 0 Å². The summed E-state index contributed by atoms with van der Waals surface area (Å²) in [5.74, 6) is 0.354. The first-order valence-corrected chi connectivity index (χ1v) is 2.85. The van der Waals surface area contributed by atoms with Crippen molar-refractivity contribution in [2.75, 3.05) is 0 Å². The zero-order valence-corrected chi connectivity index (χ0v) is 5.60. The fraction of sp³-hybridized carbons (Fsp3) is 0.286. The van der Waals surface area contributed by atoms with Crippen LogP contribution in [-0.4, -0.2) is 4.98 Å². The molecular formula is C7H9N2. The van der Waals surface area contributed by atoms with Gasteiger partial charge in [0.2, 0.25) is 0 Å². The van der Waals surface area contributed by atoms with E-state index in [2.05, 4.69) is 4.98 Å². The van der Waals surface area contributed by atoms with Crippen LogP contribution in [0.3, 0.4) is 0 Å². The highest BCUT2D eigenvalue weighted by Gasteiger charge is 1.90. The highest BCUT2D eigenvalue weighted by atomic mass is 14.8. The standard InChI is InChI=1S/C7H9N2/c1-5-3-6(2)9-7(8)4-5/h3-4,8H,1-2H3. The van der Waals surface area contributed by atoms with Crippen LogP contribution in [0, 0.1) is 13.8 Å². The molecule has 0 aliphatic heterocycles. The van der Waals surface area contributed by atoms with Crippen molar-refractivity contribution in [2.24, 2.45) is 0 Å². The van der Waals surface area contributed by atoms with Gasteiger partial charge >= 0.3 is 0 Å². The number of rotatable bonds is 0. The van der Waals surface area contributed by atoms with Gasteiger partial charge < -0.3 is 0 Å². The summed E-state index contributed by atoms with van der Waals surface area (Å²) in [6, 6.07) is 3.70. The molecule has 1 heterocycles. The van der Waals surface area contributed by atoms with Crippen LogP contribution in [0.5, 0.6) is 0 Å². The summed E-state index contributed by atoms with van der Waals surface area (Å²) in [7, 11) is 0. The SMILES string of the molecule is Cc1cc(C)nc([NH])c1. The molecule has 0 atom stereocenters. The Kier molecular flexibility index (Phi) is 1.39. The molecule has 2 heteroatoms. The quantitative estimate of drug-likeness (QED) is 0.513. The second-order valence-corrected chi connectivity index (χ2v) is 2.17. The normalized spacial score (nSPS) is 9.56. The van der Waals surface area contributed by atoms with E-state index in [0.717, 1.165) is 11.3 Å². The molecule has 1 radical (unpaired) electrons. The summed E-state index contributed by atoms with van der Waals surface area (Å²) in [6.07, 6.45) is 0. The molecule has 47 valence electrons. The maximum Gasteiger partial charge on any atom is 0.144 e. The van der Waals surface area contributed by atoms with Crippen molar-refractivity contribution in [1.82, 2.24) is 10.7 Å². The molecule has 1 aromatic heterocycles. The van der Waals surface area contributed by atoms with Crippen LogP contribution in [-0.2, 0) is 0 Å². The van der Waals surface area contributed by atoms with Gasteiger partial charge in [-0.3, -0.25) is 5.73 Å². The summed E-state index contributed by atoms with van der Waals surface area (Å²) in [6.45, 7) is 3.86. The molecule has 9 heavy (non-hydrogen) atoms. The first-order chi connectivity index (χ1) is 4.18. The summed E-state index contributed by atoms with van der Waals surface area (Å²) in [5.41, 5.74) is 9.19. The second kappa shape index (κ2) is 2.05. The van der Waals surface area contributed by atoms with Gasteiger partial charge in [-0.25, -0.2) is 4.98 Å². The molecule has 1 aromatic rings. The third kappa shape index (κ3) is 1.42. The van der Waals surface area contributed by atoms with E-state index in [0.29, 0.717) is 5.82 Å². The van der Waals surface area contributed by atoms with Crippen LogP contribution in [0.2, 0.25) is 0 Å². The number of aryl methyl sites for hydroxylation is 2. The van der Waals surface area contributed by atoms with Crippen molar-refractivity contribution in [1.29, 1.82) is 0 Å². The van der Waals surface area contributed by atoms with Crippen molar-refractivity contribution >= 4 is 5.82 Å². The molecular weight excluding hydrogens is 112 g/mol. The number of hydrogen-bond donors (Lipinski definition) is 0. The lowest BCUT2D eigenvalue weighted by molar-refractivity contribution is 1.15. The zero-order valence-electron chi connectivity index (χ0n) is 5.60. The van der Waals surface area contributed by atoms with Crippen LogP contribution in [0.15, 0.2) is 12.1 Å². The number of hydrogen-bond acceptors (Lipinski definition) is 1. The third-order valence-corrected chi connectivity index (χ3v) is 1.10. The lowest BCUT2D eigenvalue weighted by Crippen LogP contribution is -1.83. The van der Waals surface area contributed by atoms with Crippen LogP contribution in [0.4, 0.5) is 5.82 Å². The Morgan fingerprint density at radius 2 is 2.00 bits per heavy atom. The summed E-state index contributed by atoms with van der Waals surface area (Å²) >= 11 is 0. The molecule has 0 amide bonds. The van der Waals surface area contributed by atoms with Gasteiger partial charge in [0, 0.05) is 5.69 Å². The van der Waals surface area contributed by atoms with Crippen molar-refractivity contribution in [3.8, 4) is 0 Å². The van der Waals surface area contributed by atoms with E-state index in [9.17, 15) is 0 Å². The van der Waals surface area contributed by atoms with Crippen molar-refractivity contribution in [3.05, 3.63) is 23.4 Å². The molecule has 0 spiro atoms. The summed E-state index contributed by atoms with van der Waals surface area (Å²) in [5, 5.41) is 0. The maximum atomic E-state index is 7.17. The number of nitrogens with one attached hydrogen (secondary N) is 1.